The molecule has 0 amide bonds. The van der Waals surface area contributed by atoms with Crippen molar-refractivity contribution in [2.24, 2.45) is 0 Å². The molecule has 116 valence electrons. The van der Waals surface area contributed by atoms with Crippen molar-refractivity contribution in [2.45, 2.75) is 43.8 Å². The van der Waals surface area contributed by atoms with Crippen molar-refractivity contribution >= 4 is 0 Å². The SMILES string of the molecule is c1ccc([C@H]2OCC[C@@H]2c2nnc([C@@H]3CCCCO3)o2)cc1. The van der Waals surface area contributed by atoms with Crippen molar-refractivity contribution in [3.8, 4) is 0 Å². The fraction of sp³-hybridized carbons (Fsp3) is 0.529. The minimum atomic E-state index is -0.0347. The zero-order chi connectivity index (χ0) is 14.8. The largest absolute Gasteiger partial charge is 0.422 e. The Morgan fingerprint density at radius 3 is 2.55 bits per heavy atom. The summed E-state index contributed by atoms with van der Waals surface area (Å²) in [5, 5.41) is 8.49. The number of ether oxygens (including phenoxy) is 2. The number of aromatic nitrogens is 2. The van der Waals surface area contributed by atoms with E-state index >= 15 is 0 Å². The average Bonchev–Trinajstić information content (AvgIpc) is 3.25. The molecule has 2 aliphatic heterocycles. The molecule has 0 unspecified atom stereocenters. The van der Waals surface area contributed by atoms with Gasteiger partial charge < -0.3 is 13.9 Å². The van der Waals surface area contributed by atoms with Gasteiger partial charge in [0.2, 0.25) is 11.8 Å². The first-order valence-corrected chi connectivity index (χ1v) is 8.03. The van der Waals surface area contributed by atoms with Gasteiger partial charge in [-0.15, -0.1) is 10.2 Å². The fourth-order valence-corrected chi connectivity index (χ4v) is 3.28. The first-order valence-electron chi connectivity index (χ1n) is 8.03. The van der Waals surface area contributed by atoms with Crippen LogP contribution in [-0.2, 0) is 9.47 Å². The molecule has 4 rings (SSSR count). The van der Waals surface area contributed by atoms with Crippen LogP contribution in [0.5, 0.6) is 0 Å². The summed E-state index contributed by atoms with van der Waals surface area (Å²) < 4.78 is 17.6. The third kappa shape index (κ3) is 2.66. The topological polar surface area (TPSA) is 57.4 Å². The van der Waals surface area contributed by atoms with Crippen LogP contribution >= 0.6 is 0 Å². The van der Waals surface area contributed by atoms with E-state index < -0.39 is 0 Å². The Balaban J connectivity index is 1.55. The fourth-order valence-electron chi connectivity index (χ4n) is 3.28. The molecule has 5 nitrogen and oxygen atoms in total. The number of hydrogen-bond donors (Lipinski definition) is 0. The maximum atomic E-state index is 5.93. The molecule has 2 fully saturated rings. The summed E-state index contributed by atoms with van der Waals surface area (Å²) in [5.41, 5.74) is 1.17. The Morgan fingerprint density at radius 2 is 1.73 bits per heavy atom. The van der Waals surface area contributed by atoms with E-state index in [1.807, 2.05) is 18.2 Å². The maximum absolute atomic E-state index is 5.93. The molecular weight excluding hydrogens is 280 g/mol. The lowest BCUT2D eigenvalue weighted by atomic mass is 9.95. The molecule has 0 bridgehead atoms. The highest BCUT2D eigenvalue weighted by Crippen LogP contribution is 2.41. The molecule has 1 aromatic carbocycles. The molecule has 3 atom stereocenters. The van der Waals surface area contributed by atoms with E-state index in [2.05, 4.69) is 22.3 Å². The van der Waals surface area contributed by atoms with Gasteiger partial charge in [-0.2, -0.15) is 0 Å². The van der Waals surface area contributed by atoms with E-state index in [4.69, 9.17) is 13.9 Å². The van der Waals surface area contributed by atoms with Gasteiger partial charge in [-0.1, -0.05) is 30.3 Å². The molecule has 0 N–H and O–H groups in total. The molecule has 22 heavy (non-hydrogen) atoms. The quantitative estimate of drug-likeness (QED) is 0.867. The van der Waals surface area contributed by atoms with Gasteiger partial charge in [0.15, 0.2) is 0 Å². The summed E-state index contributed by atoms with van der Waals surface area (Å²) in [7, 11) is 0. The third-order valence-electron chi connectivity index (χ3n) is 4.45. The second-order valence-electron chi connectivity index (χ2n) is 5.93. The van der Waals surface area contributed by atoms with Crippen molar-refractivity contribution < 1.29 is 13.9 Å². The van der Waals surface area contributed by atoms with Crippen LogP contribution in [-0.4, -0.2) is 23.4 Å². The normalized spacial score (nSPS) is 28.8. The molecule has 2 saturated heterocycles. The lowest BCUT2D eigenvalue weighted by molar-refractivity contribution is -0.00263. The van der Waals surface area contributed by atoms with Crippen molar-refractivity contribution in [3.63, 3.8) is 0 Å². The van der Waals surface area contributed by atoms with Gasteiger partial charge in [0.05, 0.1) is 12.0 Å². The van der Waals surface area contributed by atoms with Gasteiger partial charge in [-0.3, -0.25) is 0 Å². The van der Waals surface area contributed by atoms with Crippen LogP contribution in [0.4, 0.5) is 0 Å². The van der Waals surface area contributed by atoms with Crippen LogP contribution in [0.1, 0.15) is 61.2 Å². The standard InChI is InChI=1S/C17H20N2O3/c1-2-6-12(7-3-1)15-13(9-11-21-15)16-18-19-17(22-16)14-8-4-5-10-20-14/h1-3,6-7,13-15H,4-5,8-11H2/t13-,14-,15+/m0/s1. The zero-order valence-electron chi connectivity index (χ0n) is 12.5. The Hall–Kier alpha value is -1.72. The Bertz CT molecular complexity index is 607. The molecule has 0 radical (unpaired) electrons. The van der Waals surface area contributed by atoms with E-state index in [1.165, 1.54) is 5.56 Å². The van der Waals surface area contributed by atoms with Crippen LogP contribution in [0.15, 0.2) is 34.7 Å². The number of rotatable bonds is 3. The number of nitrogens with zero attached hydrogens (tertiary/aromatic N) is 2. The molecule has 3 heterocycles. The van der Waals surface area contributed by atoms with Crippen LogP contribution in [0, 0.1) is 0 Å². The lowest BCUT2D eigenvalue weighted by Gasteiger charge is -2.19. The van der Waals surface area contributed by atoms with Gasteiger partial charge in [0, 0.05) is 13.2 Å². The second-order valence-corrected chi connectivity index (χ2v) is 5.93. The average molecular weight is 300 g/mol. The minimum Gasteiger partial charge on any atom is -0.422 e. The van der Waals surface area contributed by atoms with Crippen LogP contribution in [0.3, 0.4) is 0 Å². The summed E-state index contributed by atoms with van der Waals surface area (Å²) in [4.78, 5) is 0. The van der Waals surface area contributed by atoms with E-state index in [0.717, 1.165) is 38.9 Å². The summed E-state index contributed by atoms with van der Waals surface area (Å²) >= 11 is 0. The molecule has 0 spiro atoms. The van der Waals surface area contributed by atoms with Crippen molar-refractivity contribution in [3.05, 3.63) is 47.7 Å². The first kappa shape index (κ1) is 13.9. The Morgan fingerprint density at radius 1 is 0.864 bits per heavy atom. The van der Waals surface area contributed by atoms with E-state index in [1.54, 1.807) is 0 Å². The van der Waals surface area contributed by atoms with Gasteiger partial charge in [0.25, 0.3) is 0 Å². The summed E-state index contributed by atoms with van der Waals surface area (Å²) in [6, 6.07) is 10.3. The van der Waals surface area contributed by atoms with E-state index in [9.17, 15) is 0 Å². The van der Waals surface area contributed by atoms with Gasteiger partial charge in [-0.25, -0.2) is 0 Å². The minimum absolute atomic E-state index is 0.00164. The van der Waals surface area contributed by atoms with E-state index in [-0.39, 0.29) is 18.1 Å². The Labute approximate surface area is 129 Å². The highest BCUT2D eigenvalue weighted by atomic mass is 16.5. The molecule has 0 saturated carbocycles. The molecule has 2 aliphatic rings. The number of hydrogen-bond acceptors (Lipinski definition) is 5. The maximum Gasteiger partial charge on any atom is 0.245 e. The van der Waals surface area contributed by atoms with Crippen molar-refractivity contribution in [1.82, 2.24) is 10.2 Å². The summed E-state index contributed by atoms with van der Waals surface area (Å²) in [5.74, 6) is 1.43. The first-order chi connectivity index (χ1) is 10.9. The van der Waals surface area contributed by atoms with Gasteiger partial charge in [0.1, 0.15) is 6.10 Å². The third-order valence-corrected chi connectivity index (χ3v) is 4.45. The molecule has 2 aromatic rings. The number of benzene rings is 1. The molecule has 1 aromatic heterocycles. The highest BCUT2D eigenvalue weighted by molar-refractivity contribution is 5.21. The van der Waals surface area contributed by atoms with Gasteiger partial charge >= 0.3 is 0 Å². The molecule has 0 aliphatic carbocycles. The predicted octanol–water partition coefficient (Wildman–Crippen LogP) is 3.56. The van der Waals surface area contributed by atoms with Crippen LogP contribution in [0.25, 0.3) is 0 Å². The van der Waals surface area contributed by atoms with Gasteiger partial charge in [-0.05, 0) is 31.2 Å². The predicted molar refractivity (Wildman–Crippen MR) is 79.3 cm³/mol. The van der Waals surface area contributed by atoms with Crippen LogP contribution < -0.4 is 0 Å². The zero-order valence-corrected chi connectivity index (χ0v) is 12.5. The monoisotopic (exact) mass is 300 g/mol. The second kappa shape index (κ2) is 6.18. The summed E-state index contributed by atoms with van der Waals surface area (Å²) in [6.45, 7) is 1.50. The Kier molecular flexibility index (Phi) is 3.91. The van der Waals surface area contributed by atoms with Crippen molar-refractivity contribution in [1.29, 1.82) is 0 Å². The summed E-state index contributed by atoms with van der Waals surface area (Å²) in [6.07, 6.45) is 4.11. The van der Waals surface area contributed by atoms with E-state index in [0.29, 0.717) is 11.8 Å². The molecule has 5 heteroatoms. The lowest BCUT2D eigenvalue weighted by Crippen LogP contribution is -2.11. The van der Waals surface area contributed by atoms with Crippen LogP contribution in [0.2, 0.25) is 0 Å². The van der Waals surface area contributed by atoms with Crippen molar-refractivity contribution in [2.75, 3.05) is 13.2 Å². The molecular formula is C17H20N2O3. The smallest absolute Gasteiger partial charge is 0.245 e. The highest BCUT2D eigenvalue weighted by Gasteiger charge is 2.35.